The van der Waals surface area contributed by atoms with Crippen LogP contribution in [0.3, 0.4) is 0 Å². The first-order valence-corrected chi connectivity index (χ1v) is 7.42. The summed E-state index contributed by atoms with van der Waals surface area (Å²) in [6.45, 7) is 2.48. The van der Waals surface area contributed by atoms with E-state index in [1.807, 2.05) is 0 Å². The van der Waals surface area contributed by atoms with Crippen molar-refractivity contribution in [2.45, 2.75) is 38.2 Å². The van der Waals surface area contributed by atoms with Crippen molar-refractivity contribution >= 4 is 12.0 Å². The standard InChI is InChI=1S/C14H24N2O4/c1-15(10-12-4-2-3-9-20-12)14(19)16-7-5-11(6-8-16)13(17)18/h11-12H,2-10H2,1H3,(H,17,18). The molecule has 2 rings (SSSR count). The fourth-order valence-corrected chi connectivity index (χ4v) is 2.89. The Kier molecular flexibility index (Phi) is 5.23. The Labute approximate surface area is 119 Å². The molecule has 0 saturated carbocycles. The minimum absolute atomic E-state index is 0.0111. The molecule has 2 fully saturated rings. The Morgan fingerprint density at radius 2 is 1.95 bits per heavy atom. The van der Waals surface area contributed by atoms with Gasteiger partial charge in [0.25, 0.3) is 0 Å². The van der Waals surface area contributed by atoms with Crippen LogP contribution in [0.1, 0.15) is 32.1 Å². The van der Waals surface area contributed by atoms with Gasteiger partial charge in [0.05, 0.1) is 12.0 Å². The summed E-state index contributed by atoms with van der Waals surface area (Å²) in [6, 6.07) is -0.0111. The number of likely N-dealkylation sites (N-methyl/N-ethyl adjacent to an activating group) is 1. The van der Waals surface area contributed by atoms with Gasteiger partial charge in [-0.1, -0.05) is 0 Å². The van der Waals surface area contributed by atoms with E-state index in [4.69, 9.17) is 9.84 Å². The van der Waals surface area contributed by atoms with Crippen LogP contribution in [0.15, 0.2) is 0 Å². The molecule has 1 unspecified atom stereocenters. The number of hydrogen-bond donors (Lipinski definition) is 1. The maximum absolute atomic E-state index is 12.3. The number of carboxylic acids is 1. The Bertz CT molecular complexity index is 347. The van der Waals surface area contributed by atoms with Gasteiger partial charge in [-0.2, -0.15) is 0 Å². The molecule has 0 aromatic carbocycles. The van der Waals surface area contributed by atoms with Gasteiger partial charge in [-0.25, -0.2) is 4.79 Å². The Morgan fingerprint density at radius 3 is 2.50 bits per heavy atom. The number of urea groups is 1. The first kappa shape index (κ1) is 15.1. The van der Waals surface area contributed by atoms with Crippen molar-refractivity contribution in [2.75, 3.05) is 33.3 Å². The molecule has 0 aromatic heterocycles. The fraction of sp³-hybridized carbons (Fsp3) is 0.857. The van der Waals surface area contributed by atoms with Crippen molar-refractivity contribution in [3.8, 4) is 0 Å². The van der Waals surface area contributed by atoms with Crippen molar-refractivity contribution in [1.82, 2.24) is 9.80 Å². The number of carbonyl (C=O) groups is 2. The second-order valence-electron chi connectivity index (χ2n) is 5.75. The zero-order valence-corrected chi connectivity index (χ0v) is 12.1. The van der Waals surface area contributed by atoms with E-state index in [2.05, 4.69) is 0 Å². The number of carbonyl (C=O) groups excluding carboxylic acids is 1. The zero-order chi connectivity index (χ0) is 14.5. The highest BCUT2D eigenvalue weighted by Crippen LogP contribution is 2.19. The van der Waals surface area contributed by atoms with E-state index in [1.165, 1.54) is 0 Å². The van der Waals surface area contributed by atoms with Crippen LogP contribution >= 0.6 is 0 Å². The van der Waals surface area contributed by atoms with E-state index in [1.54, 1.807) is 16.8 Å². The summed E-state index contributed by atoms with van der Waals surface area (Å²) in [5, 5.41) is 8.96. The number of carboxylic acid groups (broad SMARTS) is 1. The van der Waals surface area contributed by atoms with Gasteiger partial charge in [-0.05, 0) is 32.1 Å². The minimum Gasteiger partial charge on any atom is -0.481 e. The van der Waals surface area contributed by atoms with E-state index in [-0.39, 0.29) is 18.1 Å². The molecule has 2 aliphatic rings. The maximum atomic E-state index is 12.3. The van der Waals surface area contributed by atoms with E-state index in [0.29, 0.717) is 32.5 Å². The molecule has 2 saturated heterocycles. The molecular weight excluding hydrogens is 260 g/mol. The second-order valence-corrected chi connectivity index (χ2v) is 5.75. The van der Waals surface area contributed by atoms with Gasteiger partial charge in [0, 0.05) is 33.3 Å². The topological polar surface area (TPSA) is 70.1 Å². The SMILES string of the molecule is CN(CC1CCCCO1)C(=O)N1CCC(C(=O)O)CC1. The maximum Gasteiger partial charge on any atom is 0.319 e. The summed E-state index contributed by atoms with van der Waals surface area (Å²) < 4.78 is 5.64. The molecule has 6 heteroatoms. The molecule has 0 spiro atoms. The van der Waals surface area contributed by atoms with E-state index >= 15 is 0 Å². The summed E-state index contributed by atoms with van der Waals surface area (Å²) in [7, 11) is 1.80. The Hall–Kier alpha value is -1.30. The smallest absolute Gasteiger partial charge is 0.319 e. The van der Waals surface area contributed by atoms with Gasteiger partial charge in [-0.3, -0.25) is 4.79 Å². The van der Waals surface area contributed by atoms with Crippen LogP contribution in [0.2, 0.25) is 0 Å². The molecule has 2 aliphatic heterocycles. The molecule has 2 heterocycles. The van der Waals surface area contributed by atoms with Gasteiger partial charge in [-0.15, -0.1) is 0 Å². The second kappa shape index (κ2) is 6.92. The molecule has 2 amide bonds. The lowest BCUT2D eigenvalue weighted by atomic mass is 9.97. The number of likely N-dealkylation sites (tertiary alicyclic amines) is 1. The van der Waals surface area contributed by atoms with Crippen LogP contribution in [-0.2, 0) is 9.53 Å². The average molecular weight is 284 g/mol. The lowest BCUT2D eigenvalue weighted by Gasteiger charge is -2.35. The summed E-state index contributed by atoms with van der Waals surface area (Å²) >= 11 is 0. The van der Waals surface area contributed by atoms with Crippen LogP contribution < -0.4 is 0 Å². The van der Waals surface area contributed by atoms with Gasteiger partial charge < -0.3 is 19.6 Å². The lowest BCUT2D eigenvalue weighted by Crippen LogP contribution is -2.48. The first-order chi connectivity index (χ1) is 9.58. The summed E-state index contributed by atoms with van der Waals surface area (Å²) in [4.78, 5) is 26.7. The van der Waals surface area contributed by atoms with Gasteiger partial charge in [0.15, 0.2) is 0 Å². The third-order valence-corrected chi connectivity index (χ3v) is 4.19. The summed E-state index contributed by atoms with van der Waals surface area (Å²) in [6.07, 6.45) is 4.53. The molecule has 20 heavy (non-hydrogen) atoms. The molecule has 0 bridgehead atoms. The Morgan fingerprint density at radius 1 is 1.25 bits per heavy atom. The van der Waals surface area contributed by atoms with Crippen LogP contribution in [-0.4, -0.2) is 66.3 Å². The van der Waals surface area contributed by atoms with Crippen LogP contribution in [0.25, 0.3) is 0 Å². The molecule has 1 N–H and O–H groups in total. The minimum atomic E-state index is -0.749. The van der Waals surface area contributed by atoms with Crippen LogP contribution in [0.5, 0.6) is 0 Å². The third-order valence-electron chi connectivity index (χ3n) is 4.19. The number of amides is 2. The van der Waals surface area contributed by atoms with Crippen molar-refractivity contribution in [2.24, 2.45) is 5.92 Å². The third kappa shape index (κ3) is 3.85. The molecule has 0 aliphatic carbocycles. The average Bonchev–Trinajstić information content (AvgIpc) is 2.47. The van der Waals surface area contributed by atoms with E-state index < -0.39 is 5.97 Å². The number of piperidine rings is 1. The largest absolute Gasteiger partial charge is 0.481 e. The molecular formula is C14H24N2O4. The molecule has 114 valence electrons. The highest BCUT2D eigenvalue weighted by atomic mass is 16.5. The number of hydrogen-bond acceptors (Lipinski definition) is 3. The number of rotatable bonds is 3. The predicted octanol–water partition coefficient (Wildman–Crippen LogP) is 1.40. The fourth-order valence-electron chi connectivity index (χ4n) is 2.89. The predicted molar refractivity (Wildman–Crippen MR) is 73.5 cm³/mol. The number of nitrogens with zero attached hydrogens (tertiary/aromatic N) is 2. The van der Waals surface area contributed by atoms with Gasteiger partial charge >= 0.3 is 12.0 Å². The number of aliphatic carboxylic acids is 1. The molecule has 0 radical (unpaired) electrons. The normalized spacial score (nSPS) is 24.4. The van der Waals surface area contributed by atoms with E-state index in [0.717, 1.165) is 25.9 Å². The van der Waals surface area contributed by atoms with Crippen LogP contribution in [0, 0.1) is 5.92 Å². The number of ether oxygens (including phenoxy) is 1. The first-order valence-electron chi connectivity index (χ1n) is 7.42. The van der Waals surface area contributed by atoms with Crippen LogP contribution in [0.4, 0.5) is 4.79 Å². The zero-order valence-electron chi connectivity index (χ0n) is 12.1. The van der Waals surface area contributed by atoms with Crippen molar-refractivity contribution in [1.29, 1.82) is 0 Å². The summed E-state index contributed by atoms with van der Waals surface area (Å²) in [5.41, 5.74) is 0. The van der Waals surface area contributed by atoms with Crippen molar-refractivity contribution in [3.05, 3.63) is 0 Å². The van der Waals surface area contributed by atoms with Crippen molar-refractivity contribution in [3.63, 3.8) is 0 Å². The van der Waals surface area contributed by atoms with Gasteiger partial charge in [0.2, 0.25) is 0 Å². The van der Waals surface area contributed by atoms with E-state index in [9.17, 15) is 9.59 Å². The lowest BCUT2D eigenvalue weighted by molar-refractivity contribution is -0.143. The highest BCUT2D eigenvalue weighted by Gasteiger charge is 2.29. The van der Waals surface area contributed by atoms with Crippen molar-refractivity contribution < 1.29 is 19.4 Å². The quantitative estimate of drug-likeness (QED) is 0.850. The molecule has 0 aromatic rings. The highest BCUT2D eigenvalue weighted by molar-refractivity contribution is 5.75. The molecule has 1 atom stereocenters. The summed E-state index contributed by atoms with van der Waals surface area (Å²) in [5.74, 6) is -1.05. The van der Waals surface area contributed by atoms with Gasteiger partial charge in [0.1, 0.15) is 0 Å². The molecule has 6 nitrogen and oxygen atoms in total. The Balaban J connectivity index is 1.77. The monoisotopic (exact) mass is 284 g/mol.